The number of nitrogen functional groups attached to an aromatic ring is 1. The minimum atomic E-state index is 0.0456. The Morgan fingerprint density at radius 2 is 2.29 bits per heavy atom. The Balaban J connectivity index is 1.96. The molecular formula is C13H21N3O. The Kier molecular flexibility index (Phi) is 3.97. The van der Waals surface area contributed by atoms with Crippen LogP contribution in [0, 0.1) is 5.92 Å². The minimum Gasteiger partial charge on any atom is -0.384 e. The first kappa shape index (κ1) is 12.3. The third kappa shape index (κ3) is 3.41. The van der Waals surface area contributed by atoms with E-state index in [-0.39, 0.29) is 12.1 Å². The van der Waals surface area contributed by atoms with E-state index in [4.69, 9.17) is 16.2 Å². The predicted molar refractivity (Wildman–Crippen MR) is 68.5 cm³/mol. The van der Waals surface area contributed by atoms with Crippen molar-refractivity contribution in [2.45, 2.75) is 38.3 Å². The van der Waals surface area contributed by atoms with Crippen LogP contribution in [-0.4, -0.2) is 23.7 Å². The molecule has 0 spiro atoms. The average molecular weight is 235 g/mol. The first-order valence-electron chi connectivity index (χ1n) is 6.28. The minimum absolute atomic E-state index is 0.0456. The first-order valence-corrected chi connectivity index (χ1v) is 6.28. The van der Waals surface area contributed by atoms with Gasteiger partial charge in [-0.3, -0.25) is 0 Å². The molecular weight excluding hydrogens is 214 g/mol. The molecule has 1 aliphatic rings. The van der Waals surface area contributed by atoms with Crippen molar-refractivity contribution in [1.82, 2.24) is 4.98 Å². The van der Waals surface area contributed by atoms with Crippen molar-refractivity contribution in [3.05, 3.63) is 23.9 Å². The number of nitrogens with two attached hydrogens (primary N) is 2. The second-order valence-corrected chi connectivity index (χ2v) is 4.71. The van der Waals surface area contributed by atoms with Gasteiger partial charge in [0.15, 0.2) is 0 Å². The third-order valence-corrected chi connectivity index (χ3v) is 3.18. The van der Waals surface area contributed by atoms with Crippen LogP contribution in [0.5, 0.6) is 0 Å². The number of ether oxygens (including phenoxy) is 1. The summed E-state index contributed by atoms with van der Waals surface area (Å²) in [7, 11) is 0. The lowest BCUT2D eigenvalue weighted by atomic mass is 9.99. The van der Waals surface area contributed by atoms with E-state index in [0.29, 0.717) is 11.7 Å². The van der Waals surface area contributed by atoms with Crippen molar-refractivity contribution in [2.24, 2.45) is 11.7 Å². The van der Waals surface area contributed by atoms with Gasteiger partial charge in [-0.1, -0.05) is 0 Å². The van der Waals surface area contributed by atoms with Crippen LogP contribution in [0.15, 0.2) is 18.3 Å². The zero-order valence-electron chi connectivity index (χ0n) is 10.3. The summed E-state index contributed by atoms with van der Waals surface area (Å²) >= 11 is 0. The smallest absolute Gasteiger partial charge is 0.123 e. The Labute approximate surface area is 102 Å². The van der Waals surface area contributed by atoms with Gasteiger partial charge in [0.2, 0.25) is 0 Å². The van der Waals surface area contributed by atoms with E-state index in [2.05, 4.69) is 4.98 Å². The van der Waals surface area contributed by atoms with Gasteiger partial charge in [-0.05, 0) is 49.8 Å². The van der Waals surface area contributed by atoms with E-state index < -0.39 is 0 Å². The van der Waals surface area contributed by atoms with Crippen LogP contribution in [0.2, 0.25) is 0 Å². The highest BCUT2D eigenvalue weighted by Gasteiger charge is 2.35. The van der Waals surface area contributed by atoms with E-state index in [1.807, 2.05) is 19.1 Å². The van der Waals surface area contributed by atoms with Gasteiger partial charge in [-0.25, -0.2) is 4.98 Å². The van der Waals surface area contributed by atoms with E-state index >= 15 is 0 Å². The molecule has 0 saturated heterocycles. The predicted octanol–water partition coefficient (Wildman–Crippen LogP) is 1.35. The van der Waals surface area contributed by atoms with Crippen molar-refractivity contribution in [1.29, 1.82) is 0 Å². The maximum absolute atomic E-state index is 6.24. The number of hydrogen-bond acceptors (Lipinski definition) is 4. The molecule has 1 heterocycles. The molecule has 0 aliphatic heterocycles. The zero-order chi connectivity index (χ0) is 12.3. The van der Waals surface area contributed by atoms with E-state index in [9.17, 15) is 0 Å². The average Bonchev–Trinajstić information content (AvgIpc) is 3.09. The van der Waals surface area contributed by atoms with Gasteiger partial charge in [-0.15, -0.1) is 0 Å². The van der Waals surface area contributed by atoms with Crippen molar-refractivity contribution >= 4 is 5.82 Å². The van der Waals surface area contributed by atoms with Gasteiger partial charge in [-0.2, -0.15) is 0 Å². The third-order valence-electron chi connectivity index (χ3n) is 3.18. The Morgan fingerprint density at radius 1 is 1.53 bits per heavy atom. The lowest BCUT2D eigenvalue weighted by Crippen LogP contribution is -2.40. The van der Waals surface area contributed by atoms with Crippen molar-refractivity contribution in [2.75, 3.05) is 12.3 Å². The van der Waals surface area contributed by atoms with Crippen LogP contribution in [0.3, 0.4) is 0 Å². The normalized spacial score (nSPS) is 18.9. The summed E-state index contributed by atoms with van der Waals surface area (Å²) in [6.07, 6.45) is 5.21. The number of aromatic nitrogens is 1. The Bertz CT molecular complexity index is 365. The molecule has 2 unspecified atom stereocenters. The molecule has 0 radical (unpaired) electrons. The quantitative estimate of drug-likeness (QED) is 0.780. The highest BCUT2D eigenvalue weighted by Crippen LogP contribution is 2.36. The standard InChI is InChI=1S/C13H21N3O/c1-2-17-13(10-3-4-10)11(14)7-9-5-6-16-12(15)8-9/h5-6,8,10-11,13H,2-4,7,14H2,1H3,(H2,15,16). The first-order chi connectivity index (χ1) is 8.20. The van der Waals surface area contributed by atoms with Gasteiger partial charge in [0.05, 0.1) is 6.10 Å². The lowest BCUT2D eigenvalue weighted by Gasteiger charge is -2.23. The molecule has 4 heteroatoms. The molecule has 0 bridgehead atoms. The SMILES string of the molecule is CCOC(C(N)Cc1ccnc(N)c1)C1CC1. The molecule has 4 nitrogen and oxygen atoms in total. The number of nitrogens with zero attached hydrogens (tertiary/aromatic N) is 1. The topological polar surface area (TPSA) is 74.2 Å². The maximum Gasteiger partial charge on any atom is 0.123 e. The molecule has 0 amide bonds. The van der Waals surface area contributed by atoms with Gasteiger partial charge in [0.25, 0.3) is 0 Å². The number of rotatable bonds is 6. The lowest BCUT2D eigenvalue weighted by molar-refractivity contribution is 0.0288. The molecule has 1 aromatic rings. The number of anilines is 1. The van der Waals surface area contributed by atoms with Crippen LogP contribution in [0.25, 0.3) is 0 Å². The summed E-state index contributed by atoms with van der Waals surface area (Å²) in [6, 6.07) is 3.89. The fraction of sp³-hybridized carbons (Fsp3) is 0.615. The van der Waals surface area contributed by atoms with E-state index in [1.165, 1.54) is 12.8 Å². The molecule has 1 fully saturated rings. The molecule has 1 aliphatic carbocycles. The van der Waals surface area contributed by atoms with Crippen LogP contribution in [0.1, 0.15) is 25.3 Å². The highest BCUT2D eigenvalue weighted by atomic mass is 16.5. The van der Waals surface area contributed by atoms with Gasteiger partial charge >= 0.3 is 0 Å². The summed E-state index contributed by atoms with van der Waals surface area (Å²) in [4.78, 5) is 3.98. The molecule has 2 atom stereocenters. The van der Waals surface area contributed by atoms with E-state index in [1.54, 1.807) is 6.20 Å². The molecule has 94 valence electrons. The molecule has 1 aromatic heterocycles. The zero-order valence-corrected chi connectivity index (χ0v) is 10.3. The van der Waals surface area contributed by atoms with Crippen LogP contribution in [-0.2, 0) is 11.2 Å². The second-order valence-electron chi connectivity index (χ2n) is 4.71. The highest BCUT2D eigenvalue weighted by molar-refractivity contribution is 5.32. The maximum atomic E-state index is 6.24. The summed E-state index contributed by atoms with van der Waals surface area (Å²) < 4.78 is 5.76. The molecule has 1 saturated carbocycles. The fourth-order valence-electron chi connectivity index (χ4n) is 2.24. The molecule has 2 rings (SSSR count). The summed E-state index contributed by atoms with van der Waals surface area (Å²) in [5.74, 6) is 1.21. The summed E-state index contributed by atoms with van der Waals surface area (Å²) in [5, 5.41) is 0. The van der Waals surface area contributed by atoms with E-state index in [0.717, 1.165) is 18.6 Å². The summed E-state index contributed by atoms with van der Waals surface area (Å²) in [5.41, 5.74) is 13.0. The second kappa shape index (κ2) is 5.47. The molecule has 0 aromatic carbocycles. The van der Waals surface area contributed by atoms with Gasteiger partial charge < -0.3 is 16.2 Å². The monoisotopic (exact) mass is 235 g/mol. The number of pyridine rings is 1. The van der Waals surface area contributed by atoms with Crippen molar-refractivity contribution < 1.29 is 4.74 Å². The Morgan fingerprint density at radius 3 is 2.88 bits per heavy atom. The van der Waals surface area contributed by atoms with Crippen LogP contribution in [0.4, 0.5) is 5.82 Å². The summed E-state index contributed by atoms with van der Waals surface area (Å²) in [6.45, 7) is 2.75. The van der Waals surface area contributed by atoms with Gasteiger partial charge in [0.1, 0.15) is 5.82 Å². The molecule has 4 N–H and O–H groups in total. The van der Waals surface area contributed by atoms with Gasteiger partial charge in [0, 0.05) is 18.8 Å². The van der Waals surface area contributed by atoms with Crippen LogP contribution >= 0.6 is 0 Å². The number of hydrogen-bond donors (Lipinski definition) is 2. The largest absolute Gasteiger partial charge is 0.384 e. The molecule has 17 heavy (non-hydrogen) atoms. The Hall–Kier alpha value is -1.13. The van der Waals surface area contributed by atoms with Crippen molar-refractivity contribution in [3.8, 4) is 0 Å². The van der Waals surface area contributed by atoms with Crippen LogP contribution < -0.4 is 11.5 Å². The fourth-order valence-corrected chi connectivity index (χ4v) is 2.24. The van der Waals surface area contributed by atoms with Crippen molar-refractivity contribution in [3.63, 3.8) is 0 Å².